The van der Waals surface area contributed by atoms with E-state index in [1.807, 2.05) is 4.90 Å². The van der Waals surface area contributed by atoms with Gasteiger partial charge in [-0.1, -0.05) is 6.42 Å². The number of nitrogens with one attached hydrogen (secondary N) is 1. The van der Waals surface area contributed by atoms with E-state index < -0.39 is 120 Å². The van der Waals surface area contributed by atoms with E-state index in [0.717, 1.165) is 18.1 Å². The summed E-state index contributed by atoms with van der Waals surface area (Å²) in [5.41, 5.74) is -11.9. The molecule has 0 bridgehead atoms. The van der Waals surface area contributed by atoms with Crippen molar-refractivity contribution in [3.63, 3.8) is 0 Å². The quantitative estimate of drug-likeness (QED) is 0.144. The minimum atomic E-state index is -5.22. The molecule has 0 aromatic heterocycles. The molecule has 4 aromatic carbocycles. The molecule has 1 aliphatic rings. The van der Waals surface area contributed by atoms with Gasteiger partial charge in [0, 0.05) is 46.5 Å². The number of rotatable bonds is 7. The summed E-state index contributed by atoms with van der Waals surface area (Å²) in [6, 6.07) is 2.24. The summed E-state index contributed by atoms with van der Waals surface area (Å²) in [7, 11) is 0. The van der Waals surface area contributed by atoms with Crippen molar-refractivity contribution < 1.29 is 57.6 Å². The Labute approximate surface area is 307 Å². The molecule has 4 aromatic rings. The van der Waals surface area contributed by atoms with Crippen LogP contribution in [0.1, 0.15) is 82.1 Å². The lowest BCUT2D eigenvalue weighted by atomic mass is 9.12. The predicted octanol–water partition coefficient (Wildman–Crippen LogP) is 7.99. The first kappa shape index (κ1) is 42.8. The van der Waals surface area contributed by atoms with Crippen LogP contribution in [0, 0.1) is 97.5 Å². The van der Waals surface area contributed by atoms with E-state index in [0.29, 0.717) is 27.7 Å². The van der Waals surface area contributed by atoms with E-state index in [9.17, 15) is 17.6 Å². The van der Waals surface area contributed by atoms with Gasteiger partial charge in [0.15, 0.2) is 0 Å². The van der Waals surface area contributed by atoms with Crippen LogP contribution in [0.25, 0.3) is 0 Å². The van der Waals surface area contributed by atoms with Crippen molar-refractivity contribution in [2.45, 2.75) is 106 Å². The van der Waals surface area contributed by atoms with Crippen LogP contribution < -0.4 is 26.8 Å². The third kappa shape index (κ3) is 7.39. The average Bonchev–Trinajstić information content (AvgIpc) is 3.08. The van der Waals surface area contributed by atoms with Crippen LogP contribution in [0.2, 0.25) is 0 Å². The smallest absolute Gasteiger partial charge is 0.136 e. The first-order valence-corrected chi connectivity index (χ1v) is 17.7. The van der Waals surface area contributed by atoms with Crippen molar-refractivity contribution in [1.29, 1.82) is 0 Å². The molecule has 1 N–H and O–H groups in total. The summed E-state index contributed by atoms with van der Waals surface area (Å²) in [6.07, 6.45) is 2.11. The number of hydrogen-bond acceptors (Lipinski definition) is 0. The van der Waals surface area contributed by atoms with Gasteiger partial charge in [0.2, 0.25) is 0 Å². The number of halogens is 12. The molecule has 0 unspecified atom stereocenters. The van der Waals surface area contributed by atoms with Crippen molar-refractivity contribution in [1.82, 2.24) is 0 Å². The highest BCUT2D eigenvalue weighted by Crippen LogP contribution is 2.28. The molecular formula is C40H42BF12N. The van der Waals surface area contributed by atoms with E-state index in [1.54, 1.807) is 0 Å². The second-order valence-corrected chi connectivity index (χ2v) is 14.8. The molecule has 14 heteroatoms. The minimum Gasteiger partial charge on any atom is -0.329 e. The molecule has 5 rings (SSSR count). The van der Waals surface area contributed by atoms with Gasteiger partial charge >= 0.3 is 0 Å². The van der Waals surface area contributed by atoms with Crippen LogP contribution in [0.4, 0.5) is 52.7 Å². The Kier molecular flexibility index (Phi) is 13.0. The maximum absolute atomic E-state index is 16.0. The Bertz CT molecular complexity index is 1790. The van der Waals surface area contributed by atoms with Crippen LogP contribution in [0.3, 0.4) is 0 Å². The van der Waals surface area contributed by atoms with Gasteiger partial charge in [0.25, 0.3) is 0 Å². The predicted molar refractivity (Wildman–Crippen MR) is 187 cm³/mol. The lowest BCUT2D eigenvalue weighted by Crippen LogP contribution is -3.21. The second kappa shape index (κ2) is 16.4. The Morgan fingerprint density at radius 2 is 0.667 bits per heavy atom. The third-order valence-electron chi connectivity index (χ3n) is 10.9. The Hall–Kier alpha value is -3.94. The van der Waals surface area contributed by atoms with Crippen LogP contribution in [-0.4, -0.2) is 24.3 Å². The highest BCUT2D eigenvalue weighted by molar-refractivity contribution is 7.20. The van der Waals surface area contributed by atoms with E-state index in [1.165, 1.54) is 32.1 Å². The van der Waals surface area contributed by atoms with E-state index in [-0.39, 0.29) is 24.3 Å². The van der Waals surface area contributed by atoms with Gasteiger partial charge in [0.05, 0.1) is 64.7 Å². The third-order valence-corrected chi connectivity index (χ3v) is 10.9. The summed E-state index contributed by atoms with van der Waals surface area (Å²) in [5.74, 6) is -23.4. The maximum atomic E-state index is 16.0. The fourth-order valence-electron chi connectivity index (χ4n) is 8.33. The van der Waals surface area contributed by atoms with Crippen molar-refractivity contribution >= 4 is 28.0 Å². The van der Waals surface area contributed by atoms with Crippen LogP contribution in [0.15, 0.2) is 24.3 Å². The van der Waals surface area contributed by atoms with Crippen molar-refractivity contribution in [2.24, 2.45) is 0 Å². The van der Waals surface area contributed by atoms with E-state index >= 15 is 35.1 Å². The number of quaternary nitrogens is 1. The summed E-state index contributed by atoms with van der Waals surface area (Å²) in [4.78, 5) is 1.83. The monoisotopic (exact) mass is 775 g/mol. The molecule has 0 saturated heterocycles. The Morgan fingerprint density at radius 1 is 0.426 bits per heavy atom. The number of benzene rings is 4. The first-order valence-electron chi connectivity index (χ1n) is 17.7. The van der Waals surface area contributed by atoms with Gasteiger partial charge < -0.3 is 4.90 Å². The molecule has 0 radical (unpaired) electrons. The van der Waals surface area contributed by atoms with Crippen LogP contribution >= 0.6 is 0 Å². The molecule has 294 valence electrons. The molecular weight excluding hydrogens is 733 g/mol. The minimum absolute atomic E-state index is 0.0746. The first-order chi connectivity index (χ1) is 25.1. The maximum Gasteiger partial charge on any atom is 0.136 e. The van der Waals surface area contributed by atoms with E-state index in [2.05, 4.69) is 27.7 Å². The van der Waals surface area contributed by atoms with E-state index in [4.69, 9.17) is 0 Å². The Morgan fingerprint density at radius 3 is 0.889 bits per heavy atom. The van der Waals surface area contributed by atoms with Crippen molar-refractivity contribution in [3.8, 4) is 0 Å². The highest BCUT2D eigenvalue weighted by Gasteiger charge is 2.48. The lowest BCUT2D eigenvalue weighted by molar-refractivity contribution is -0.967. The van der Waals surface area contributed by atoms with Crippen LogP contribution in [-0.2, 0) is 0 Å². The molecule has 54 heavy (non-hydrogen) atoms. The standard InChI is InChI=1S/C28H16BF12.C12H25N/c1-9-13(30)5-17(34)21(25(9)38)29(22-18(35)6-14(31)10(2)26(22)39,23-19(36)7-15(32)11(3)27(23)40)24-20(37)8-16(33)12(4)28(24)41;1-10(2)13(11(3)4)12-8-6-5-7-9-12/h5-8H,1-4H3;10-12H,5-9H2,1-4H3/q-1;/p+1. The zero-order valence-corrected chi connectivity index (χ0v) is 31.2. The Balaban J connectivity index is 0.000000422. The van der Waals surface area contributed by atoms with Crippen molar-refractivity contribution in [2.75, 3.05) is 0 Å². The van der Waals surface area contributed by atoms with Gasteiger partial charge in [0.1, 0.15) is 29.4 Å². The lowest BCUT2D eigenvalue weighted by Gasteiger charge is -2.45. The fraction of sp³-hybridized carbons (Fsp3) is 0.400. The van der Waals surface area contributed by atoms with Gasteiger partial charge in [-0.25, -0.2) is 52.7 Å². The van der Waals surface area contributed by atoms with Crippen molar-refractivity contribution in [3.05, 3.63) is 116 Å². The molecule has 0 amide bonds. The normalized spacial score (nSPS) is 14.0. The summed E-state index contributed by atoms with van der Waals surface area (Å²) in [6.45, 7) is 12.1. The van der Waals surface area contributed by atoms with Gasteiger partial charge in [-0.2, -0.15) is 0 Å². The average molecular weight is 776 g/mol. The largest absolute Gasteiger partial charge is 0.329 e. The SMILES string of the molecule is CC(C)[NH+](C(C)C)C1CCCCC1.Cc1c(F)cc(F)c([B-](c2c(F)cc(F)c(C)c2F)(c2c(F)cc(F)c(C)c2F)c2c(F)cc(F)c(C)c2F)c1F. The molecule has 1 nitrogen and oxygen atoms in total. The molecule has 0 aliphatic heterocycles. The van der Waals surface area contributed by atoms with Gasteiger partial charge in [-0.3, -0.25) is 0 Å². The zero-order valence-electron chi connectivity index (χ0n) is 31.2. The van der Waals surface area contributed by atoms with Gasteiger partial charge in [-0.15, -0.1) is 21.9 Å². The molecule has 0 heterocycles. The van der Waals surface area contributed by atoms with Crippen LogP contribution in [0.5, 0.6) is 0 Å². The zero-order chi connectivity index (χ0) is 40.7. The number of hydrogen-bond donors (Lipinski definition) is 1. The topological polar surface area (TPSA) is 4.44 Å². The highest BCUT2D eigenvalue weighted by atomic mass is 19.2. The van der Waals surface area contributed by atoms with Gasteiger partial charge in [-0.05, 0) is 81.1 Å². The summed E-state index contributed by atoms with van der Waals surface area (Å²) >= 11 is 0. The molecule has 1 fully saturated rings. The molecule has 0 atom stereocenters. The second-order valence-electron chi connectivity index (χ2n) is 14.8. The fourth-order valence-corrected chi connectivity index (χ4v) is 8.33. The molecule has 0 spiro atoms. The molecule has 1 aliphatic carbocycles. The summed E-state index contributed by atoms with van der Waals surface area (Å²) in [5, 5.41) is 0. The summed E-state index contributed by atoms with van der Waals surface area (Å²) < 4.78 is 184. The molecule has 1 saturated carbocycles.